The molecule has 0 saturated carbocycles. The van der Waals surface area contributed by atoms with Gasteiger partial charge in [0.2, 0.25) is 10.0 Å². The standard InChI is InChI=1S/C14H17N3O2S/c1-11-6-7-13(9-14(11)15)20(18,19)17(2)10-12-5-3-4-8-16-12/h3-9H,10,15H2,1-2H3. The molecule has 1 aromatic heterocycles. The first kappa shape index (κ1) is 14.5. The number of hydrogen-bond acceptors (Lipinski definition) is 4. The highest BCUT2D eigenvalue weighted by molar-refractivity contribution is 7.89. The summed E-state index contributed by atoms with van der Waals surface area (Å²) in [5.74, 6) is 0. The van der Waals surface area contributed by atoms with E-state index in [0.29, 0.717) is 11.4 Å². The zero-order chi connectivity index (χ0) is 14.8. The lowest BCUT2D eigenvalue weighted by Gasteiger charge is -2.17. The maximum atomic E-state index is 12.4. The molecule has 0 aliphatic carbocycles. The van der Waals surface area contributed by atoms with Crippen LogP contribution in [0.25, 0.3) is 0 Å². The molecule has 5 nitrogen and oxygen atoms in total. The van der Waals surface area contributed by atoms with E-state index >= 15 is 0 Å². The first-order valence-electron chi connectivity index (χ1n) is 6.13. The number of aryl methyl sites for hydroxylation is 1. The van der Waals surface area contributed by atoms with E-state index in [0.717, 1.165) is 5.56 Å². The van der Waals surface area contributed by atoms with Gasteiger partial charge in [-0.25, -0.2) is 8.42 Å². The second-order valence-electron chi connectivity index (χ2n) is 4.60. The minimum atomic E-state index is -3.56. The third-order valence-electron chi connectivity index (χ3n) is 3.07. The van der Waals surface area contributed by atoms with E-state index in [-0.39, 0.29) is 11.4 Å². The summed E-state index contributed by atoms with van der Waals surface area (Å²) in [4.78, 5) is 4.32. The van der Waals surface area contributed by atoms with Gasteiger partial charge >= 0.3 is 0 Å². The van der Waals surface area contributed by atoms with Crippen molar-refractivity contribution in [3.63, 3.8) is 0 Å². The van der Waals surface area contributed by atoms with Crippen LogP contribution in [0.3, 0.4) is 0 Å². The van der Waals surface area contributed by atoms with Crippen molar-refractivity contribution >= 4 is 15.7 Å². The zero-order valence-electron chi connectivity index (χ0n) is 11.4. The average molecular weight is 291 g/mol. The van der Waals surface area contributed by atoms with E-state index in [1.54, 1.807) is 30.5 Å². The molecule has 0 radical (unpaired) electrons. The molecule has 0 fully saturated rings. The molecular weight excluding hydrogens is 274 g/mol. The van der Waals surface area contributed by atoms with Gasteiger partial charge in [-0.05, 0) is 36.8 Å². The molecule has 106 valence electrons. The van der Waals surface area contributed by atoms with Crippen LogP contribution in [0.2, 0.25) is 0 Å². The van der Waals surface area contributed by atoms with Gasteiger partial charge in [0.15, 0.2) is 0 Å². The monoisotopic (exact) mass is 291 g/mol. The highest BCUT2D eigenvalue weighted by atomic mass is 32.2. The van der Waals surface area contributed by atoms with Gasteiger partial charge < -0.3 is 5.73 Å². The second kappa shape index (κ2) is 5.60. The Bertz CT molecular complexity index is 700. The zero-order valence-corrected chi connectivity index (χ0v) is 12.3. The van der Waals surface area contributed by atoms with Crippen LogP contribution in [-0.2, 0) is 16.6 Å². The summed E-state index contributed by atoms with van der Waals surface area (Å²) < 4.78 is 26.1. The van der Waals surface area contributed by atoms with Crippen LogP contribution in [0.5, 0.6) is 0 Å². The average Bonchev–Trinajstić information content (AvgIpc) is 2.42. The number of rotatable bonds is 4. The fourth-order valence-corrected chi connectivity index (χ4v) is 2.94. The Kier molecular flexibility index (Phi) is 4.06. The molecule has 2 rings (SSSR count). The fraction of sp³-hybridized carbons (Fsp3) is 0.214. The molecule has 0 unspecified atom stereocenters. The molecule has 6 heteroatoms. The first-order valence-corrected chi connectivity index (χ1v) is 7.57. The minimum absolute atomic E-state index is 0.194. The minimum Gasteiger partial charge on any atom is -0.398 e. The number of sulfonamides is 1. The van der Waals surface area contributed by atoms with Crippen LogP contribution >= 0.6 is 0 Å². The van der Waals surface area contributed by atoms with Crippen LogP contribution in [-0.4, -0.2) is 24.8 Å². The molecule has 0 aliphatic heterocycles. The highest BCUT2D eigenvalue weighted by Crippen LogP contribution is 2.20. The van der Waals surface area contributed by atoms with Gasteiger partial charge in [-0.3, -0.25) is 4.98 Å². The van der Waals surface area contributed by atoms with Crippen molar-refractivity contribution in [2.45, 2.75) is 18.4 Å². The number of pyridine rings is 1. The molecule has 2 N–H and O–H groups in total. The normalized spacial score (nSPS) is 11.8. The van der Waals surface area contributed by atoms with Crippen LogP contribution < -0.4 is 5.73 Å². The number of anilines is 1. The van der Waals surface area contributed by atoms with Gasteiger partial charge in [0.05, 0.1) is 17.1 Å². The van der Waals surface area contributed by atoms with E-state index in [9.17, 15) is 8.42 Å². The summed E-state index contributed by atoms with van der Waals surface area (Å²) in [6, 6.07) is 10.2. The summed E-state index contributed by atoms with van der Waals surface area (Å²) in [7, 11) is -2.04. The van der Waals surface area contributed by atoms with Crippen LogP contribution in [0.1, 0.15) is 11.3 Å². The highest BCUT2D eigenvalue weighted by Gasteiger charge is 2.21. The molecule has 0 spiro atoms. The van der Waals surface area contributed by atoms with E-state index in [4.69, 9.17) is 5.73 Å². The summed E-state index contributed by atoms with van der Waals surface area (Å²) in [6.45, 7) is 2.06. The maximum absolute atomic E-state index is 12.4. The summed E-state index contributed by atoms with van der Waals surface area (Å²) in [6.07, 6.45) is 1.64. The maximum Gasteiger partial charge on any atom is 0.243 e. The van der Waals surface area contributed by atoms with Crippen molar-refractivity contribution in [1.29, 1.82) is 0 Å². The van der Waals surface area contributed by atoms with E-state index in [1.807, 2.05) is 13.0 Å². The number of nitrogens with zero attached hydrogens (tertiary/aromatic N) is 2. The Balaban J connectivity index is 2.27. The van der Waals surface area contributed by atoms with Gasteiger partial charge in [-0.15, -0.1) is 0 Å². The first-order chi connectivity index (χ1) is 9.41. The van der Waals surface area contributed by atoms with Gasteiger partial charge in [0.1, 0.15) is 0 Å². The Labute approximate surface area is 119 Å². The van der Waals surface area contributed by atoms with Crippen molar-refractivity contribution in [1.82, 2.24) is 9.29 Å². The van der Waals surface area contributed by atoms with Gasteiger partial charge in [0.25, 0.3) is 0 Å². The van der Waals surface area contributed by atoms with Crippen molar-refractivity contribution in [3.8, 4) is 0 Å². The van der Waals surface area contributed by atoms with Crippen LogP contribution in [0.4, 0.5) is 5.69 Å². The Morgan fingerprint density at radius 1 is 1.25 bits per heavy atom. The fourth-order valence-electron chi connectivity index (χ4n) is 1.76. The molecule has 0 saturated heterocycles. The van der Waals surface area contributed by atoms with Gasteiger partial charge in [0, 0.05) is 18.9 Å². The van der Waals surface area contributed by atoms with Gasteiger partial charge in [-0.1, -0.05) is 12.1 Å². The SMILES string of the molecule is Cc1ccc(S(=O)(=O)N(C)Cc2ccccn2)cc1N. The molecule has 2 aromatic rings. The number of aromatic nitrogens is 1. The van der Waals surface area contributed by atoms with Crippen LogP contribution in [0.15, 0.2) is 47.5 Å². The molecule has 1 heterocycles. The van der Waals surface area contributed by atoms with E-state index in [2.05, 4.69) is 4.98 Å². The lowest BCUT2D eigenvalue weighted by molar-refractivity contribution is 0.462. The van der Waals surface area contributed by atoms with E-state index in [1.165, 1.54) is 17.4 Å². The quantitative estimate of drug-likeness (QED) is 0.871. The molecule has 0 amide bonds. The largest absolute Gasteiger partial charge is 0.398 e. The Morgan fingerprint density at radius 2 is 2.00 bits per heavy atom. The third kappa shape index (κ3) is 2.97. The molecule has 0 bridgehead atoms. The van der Waals surface area contributed by atoms with E-state index < -0.39 is 10.0 Å². The molecule has 20 heavy (non-hydrogen) atoms. The number of hydrogen-bond donors (Lipinski definition) is 1. The predicted molar refractivity (Wildman–Crippen MR) is 78.5 cm³/mol. The third-order valence-corrected chi connectivity index (χ3v) is 4.87. The topological polar surface area (TPSA) is 76.3 Å². The number of nitrogen functional groups attached to an aromatic ring is 1. The molecule has 0 aliphatic rings. The van der Waals surface area contributed by atoms with Crippen molar-refractivity contribution in [2.24, 2.45) is 0 Å². The predicted octanol–water partition coefficient (Wildman–Crippen LogP) is 1.79. The van der Waals surface area contributed by atoms with Crippen molar-refractivity contribution in [3.05, 3.63) is 53.9 Å². The molecule has 1 aromatic carbocycles. The Morgan fingerprint density at radius 3 is 2.60 bits per heavy atom. The summed E-state index contributed by atoms with van der Waals surface area (Å²) in [5.41, 5.74) is 7.80. The second-order valence-corrected chi connectivity index (χ2v) is 6.65. The lowest BCUT2D eigenvalue weighted by atomic mass is 10.2. The van der Waals surface area contributed by atoms with Crippen molar-refractivity contribution < 1.29 is 8.42 Å². The number of benzene rings is 1. The number of nitrogens with two attached hydrogens (primary N) is 1. The van der Waals surface area contributed by atoms with Crippen LogP contribution in [0, 0.1) is 6.92 Å². The summed E-state index contributed by atoms with van der Waals surface area (Å²) in [5, 5.41) is 0. The smallest absolute Gasteiger partial charge is 0.243 e. The lowest BCUT2D eigenvalue weighted by Crippen LogP contribution is -2.27. The Hall–Kier alpha value is -1.92. The van der Waals surface area contributed by atoms with Gasteiger partial charge in [-0.2, -0.15) is 4.31 Å². The molecule has 0 atom stereocenters. The summed E-state index contributed by atoms with van der Waals surface area (Å²) >= 11 is 0. The van der Waals surface area contributed by atoms with Crippen molar-refractivity contribution in [2.75, 3.05) is 12.8 Å². The molecular formula is C14H17N3O2S.